The monoisotopic (exact) mass is 289 g/mol. The summed E-state index contributed by atoms with van der Waals surface area (Å²) in [6.07, 6.45) is 0. The number of hydrogen-bond donors (Lipinski definition) is 2. The summed E-state index contributed by atoms with van der Waals surface area (Å²) >= 11 is 0. The van der Waals surface area contributed by atoms with Crippen LogP contribution in [-0.2, 0) is 6.61 Å². The summed E-state index contributed by atoms with van der Waals surface area (Å²) in [5, 5.41) is 7.25. The molecule has 0 bridgehead atoms. The van der Waals surface area contributed by atoms with E-state index in [0.29, 0.717) is 17.0 Å². The van der Waals surface area contributed by atoms with Gasteiger partial charge in [0, 0.05) is 23.4 Å². The number of nitrogens with zero attached hydrogens (tertiary/aromatic N) is 1. The molecule has 1 heterocycles. The van der Waals surface area contributed by atoms with Crippen molar-refractivity contribution in [2.75, 3.05) is 7.11 Å². The second-order valence-corrected chi connectivity index (χ2v) is 4.49. The molecule has 21 heavy (non-hydrogen) atoms. The van der Waals surface area contributed by atoms with Gasteiger partial charge < -0.3 is 15.2 Å². The molecule has 0 atom stereocenters. The molecule has 3 N–H and O–H groups in total. The van der Waals surface area contributed by atoms with Crippen LogP contribution < -0.4 is 15.2 Å². The molecule has 0 saturated carbocycles. The number of nitrogens with two attached hydrogens (primary N) is 1. The number of pyridine rings is 1. The van der Waals surface area contributed by atoms with Gasteiger partial charge in [-0.25, -0.2) is 4.39 Å². The topological polar surface area (TPSA) is 81.2 Å². The smallest absolute Gasteiger partial charge is 0.165 e. The number of benzene rings is 1. The summed E-state index contributed by atoms with van der Waals surface area (Å²) in [6, 6.07) is 7.67. The first-order chi connectivity index (χ1) is 9.99. The second kappa shape index (κ2) is 6.21. The predicted molar refractivity (Wildman–Crippen MR) is 77.3 cm³/mol. The van der Waals surface area contributed by atoms with Gasteiger partial charge in [-0.05, 0) is 25.1 Å². The Labute approximate surface area is 122 Å². The molecule has 110 valence electrons. The summed E-state index contributed by atoms with van der Waals surface area (Å²) in [6.45, 7) is 1.96. The van der Waals surface area contributed by atoms with Crippen molar-refractivity contribution < 1.29 is 13.9 Å². The van der Waals surface area contributed by atoms with Crippen molar-refractivity contribution in [3.05, 3.63) is 53.1 Å². The molecular formula is C15H16FN3O2. The number of nitrogens with one attached hydrogen (secondary N) is 1. The Morgan fingerprint density at radius 2 is 2.10 bits per heavy atom. The molecule has 0 fully saturated rings. The normalized spacial score (nSPS) is 10.2. The third kappa shape index (κ3) is 3.68. The van der Waals surface area contributed by atoms with Crippen molar-refractivity contribution in [2.24, 2.45) is 5.73 Å². The van der Waals surface area contributed by atoms with Gasteiger partial charge in [0.25, 0.3) is 0 Å². The summed E-state index contributed by atoms with van der Waals surface area (Å²) in [5.74, 6) is 0.00336. The van der Waals surface area contributed by atoms with Crippen LogP contribution in [0.15, 0.2) is 30.3 Å². The summed E-state index contributed by atoms with van der Waals surface area (Å²) in [7, 11) is 1.57. The van der Waals surface area contributed by atoms with Crippen LogP contribution in [-0.4, -0.2) is 17.9 Å². The summed E-state index contributed by atoms with van der Waals surface area (Å²) in [4.78, 5) is 4.29. The molecule has 0 aliphatic heterocycles. The van der Waals surface area contributed by atoms with Crippen molar-refractivity contribution in [1.82, 2.24) is 4.98 Å². The molecule has 0 spiro atoms. The van der Waals surface area contributed by atoms with Gasteiger partial charge in [-0.2, -0.15) is 0 Å². The van der Waals surface area contributed by atoms with E-state index in [2.05, 4.69) is 4.98 Å². The molecule has 6 heteroatoms. The Balaban J connectivity index is 2.13. The Hall–Kier alpha value is -2.63. The first-order valence-corrected chi connectivity index (χ1v) is 6.28. The largest absolute Gasteiger partial charge is 0.497 e. The molecule has 0 amide bonds. The number of aromatic nitrogens is 1. The fourth-order valence-corrected chi connectivity index (χ4v) is 1.83. The third-order valence-electron chi connectivity index (χ3n) is 2.83. The summed E-state index contributed by atoms with van der Waals surface area (Å²) in [5.41, 5.74) is 7.05. The lowest BCUT2D eigenvalue weighted by molar-refractivity contribution is 0.284. The van der Waals surface area contributed by atoms with E-state index >= 15 is 0 Å². The van der Waals surface area contributed by atoms with Crippen molar-refractivity contribution in [1.29, 1.82) is 5.41 Å². The molecule has 0 aliphatic rings. The number of hydrogen-bond acceptors (Lipinski definition) is 4. The standard InChI is InChI=1S/C15H16FN3O2/c1-9-5-12(20-2)7-11(19-9)8-21-14-4-3-10(15(17)18)6-13(14)16/h3-7H,8H2,1-2H3,(H3,17,18). The first-order valence-electron chi connectivity index (χ1n) is 6.28. The van der Waals surface area contributed by atoms with Crippen molar-refractivity contribution in [3.63, 3.8) is 0 Å². The van der Waals surface area contributed by atoms with Crippen LogP contribution in [0.5, 0.6) is 11.5 Å². The molecule has 2 aromatic rings. The van der Waals surface area contributed by atoms with E-state index in [-0.39, 0.29) is 18.2 Å². The summed E-state index contributed by atoms with van der Waals surface area (Å²) < 4.78 is 24.4. The van der Waals surface area contributed by atoms with Crippen molar-refractivity contribution >= 4 is 5.84 Å². The zero-order chi connectivity index (χ0) is 15.4. The molecular weight excluding hydrogens is 273 g/mol. The van der Waals surface area contributed by atoms with Crippen LogP contribution in [0.4, 0.5) is 4.39 Å². The molecule has 2 rings (SSSR count). The van der Waals surface area contributed by atoms with E-state index in [0.717, 1.165) is 5.69 Å². The Kier molecular flexibility index (Phi) is 4.37. The fraction of sp³-hybridized carbons (Fsp3) is 0.200. The van der Waals surface area contributed by atoms with E-state index in [1.54, 1.807) is 19.2 Å². The Morgan fingerprint density at radius 3 is 2.71 bits per heavy atom. The van der Waals surface area contributed by atoms with Gasteiger partial charge in [-0.1, -0.05) is 0 Å². The maximum Gasteiger partial charge on any atom is 0.165 e. The van der Waals surface area contributed by atoms with Gasteiger partial charge >= 0.3 is 0 Å². The van der Waals surface area contributed by atoms with Gasteiger partial charge in [0.15, 0.2) is 11.6 Å². The minimum Gasteiger partial charge on any atom is -0.497 e. The molecule has 0 aliphatic carbocycles. The van der Waals surface area contributed by atoms with Crippen molar-refractivity contribution in [2.45, 2.75) is 13.5 Å². The molecule has 1 aromatic heterocycles. The van der Waals surface area contributed by atoms with E-state index in [1.165, 1.54) is 18.2 Å². The number of rotatable bonds is 5. The zero-order valence-electron chi connectivity index (χ0n) is 11.8. The maximum atomic E-state index is 13.8. The fourth-order valence-electron chi connectivity index (χ4n) is 1.83. The highest BCUT2D eigenvalue weighted by Crippen LogP contribution is 2.20. The van der Waals surface area contributed by atoms with Gasteiger partial charge in [0.2, 0.25) is 0 Å². The van der Waals surface area contributed by atoms with Gasteiger partial charge in [0.05, 0.1) is 12.8 Å². The van der Waals surface area contributed by atoms with Crippen LogP contribution in [0.2, 0.25) is 0 Å². The van der Waals surface area contributed by atoms with Crippen LogP contribution in [0.3, 0.4) is 0 Å². The predicted octanol–water partition coefficient (Wildman–Crippen LogP) is 2.40. The number of nitrogen functional groups attached to an aromatic ring is 1. The van der Waals surface area contributed by atoms with Gasteiger partial charge in [-0.15, -0.1) is 0 Å². The number of methoxy groups -OCH3 is 1. The lowest BCUT2D eigenvalue weighted by Crippen LogP contribution is -2.11. The van der Waals surface area contributed by atoms with E-state index in [4.69, 9.17) is 20.6 Å². The lowest BCUT2D eigenvalue weighted by atomic mass is 10.2. The number of ether oxygens (including phenoxy) is 2. The molecule has 0 radical (unpaired) electrons. The number of amidine groups is 1. The number of aryl methyl sites for hydroxylation is 1. The van der Waals surface area contributed by atoms with Gasteiger partial charge in [-0.3, -0.25) is 10.4 Å². The van der Waals surface area contributed by atoms with Crippen LogP contribution in [0.25, 0.3) is 0 Å². The van der Waals surface area contributed by atoms with Crippen LogP contribution >= 0.6 is 0 Å². The minimum absolute atomic E-state index is 0.0854. The second-order valence-electron chi connectivity index (χ2n) is 4.49. The first kappa shape index (κ1) is 14.8. The molecule has 0 unspecified atom stereocenters. The van der Waals surface area contributed by atoms with E-state index < -0.39 is 5.82 Å². The van der Waals surface area contributed by atoms with Crippen LogP contribution in [0, 0.1) is 18.2 Å². The SMILES string of the molecule is COc1cc(C)nc(COc2ccc(C(=N)N)cc2F)c1. The highest BCUT2D eigenvalue weighted by molar-refractivity contribution is 5.95. The van der Waals surface area contributed by atoms with E-state index in [9.17, 15) is 4.39 Å². The Morgan fingerprint density at radius 1 is 1.33 bits per heavy atom. The molecule has 0 saturated heterocycles. The van der Waals surface area contributed by atoms with Crippen molar-refractivity contribution in [3.8, 4) is 11.5 Å². The Bertz CT molecular complexity index is 674. The number of halogens is 1. The zero-order valence-corrected chi connectivity index (χ0v) is 11.8. The minimum atomic E-state index is -0.567. The van der Waals surface area contributed by atoms with Crippen LogP contribution in [0.1, 0.15) is 17.0 Å². The average molecular weight is 289 g/mol. The average Bonchev–Trinajstić information content (AvgIpc) is 2.45. The maximum absolute atomic E-state index is 13.8. The third-order valence-corrected chi connectivity index (χ3v) is 2.83. The quantitative estimate of drug-likeness (QED) is 0.654. The molecule has 5 nitrogen and oxygen atoms in total. The van der Waals surface area contributed by atoms with Gasteiger partial charge in [0.1, 0.15) is 18.2 Å². The molecule has 1 aromatic carbocycles. The van der Waals surface area contributed by atoms with E-state index in [1.807, 2.05) is 6.92 Å². The highest BCUT2D eigenvalue weighted by atomic mass is 19.1. The lowest BCUT2D eigenvalue weighted by Gasteiger charge is -2.09. The highest BCUT2D eigenvalue weighted by Gasteiger charge is 2.08.